The first kappa shape index (κ1) is 15.8. The van der Waals surface area contributed by atoms with Crippen molar-refractivity contribution in [3.8, 4) is 0 Å². The lowest BCUT2D eigenvalue weighted by atomic mass is 10.0. The van der Waals surface area contributed by atoms with E-state index in [4.69, 9.17) is 9.84 Å². The van der Waals surface area contributed by atoms with E-state index in [0.29, 0.717) is 38.6 Å². The first-order chi connectivity index (χ1) is 9.02. The standard InChI is InChI=1S/C13H24N2O4/c1-10(2)9-19-8-6-14-13(18)15-7-4-3-5-11(15)12(16)17/h10-11H,3-9H2,1-2H3,(H,14,18)(H,16,17). The minimum Gasteiger partial charge on any atom is -0.480 e. The van der Waals surface area contributed by atoms with Crippen molar-refractivity contribution < 1.29 is 19.4 Å². The Morgan fingerprint density at radius 2 is 2.16 bits per heavy atom. The number of ether oxygens (including phenoxy) is 1. The maximum absolute atomic E-state index is 11.9. The number of likely N-dealkylation sites (tertiary alicyclic amines) is 1. The molecule has 0 aromatic rings. The number of amides is 2. The third kappa shape index (κ3) is 5.46. The Labute approximate surface area is 114 Å². The van der Waals surface area contributed by atoms with E-state index >= 15 is 0 Å². The lowest BCUT2D eigenvalue weighted by Crippen LogP contribution is -2.52. The first-order valence-electron chi connectivity index (χ1n) is 6.87. The summed E-state index contributed by atoms with van der Waals surface area (Å²) in [4.78, 5) is 24.4. The van der Waals surface area contributed by atoms with E-state index in [9.17, 15) is 9.59 Å². The van der Waals surface area contributed by atoms with Crippen molar-refractivity contribution in [2.45, 2.75) is 39.2 Å². The van der Waals surface area contributed by atoms with Gasteiger partial charge in [-0.15, -0.1) is 0 Å². The number of carboxylic acid groups (broad SMARTS) is 1. The van der Waals surface area contributed by atoms with Crippen molar-refractivity contribution >= 4 is 12.0 Å². The van der Waals surface area contributed by atoms with E-state index in [1.54, 1.807) is 0 Å². The number of rotatable bonds is 6. The Kier molecular flexibility index (Phi) is 6.62. The summed E-state index contributed by atoms with van der Waals surface area (Å²) in [5, 5.41) is 11.8. The van der Waals surface area contributed by atoms with Gasteiger partial charge in [-0.25, -0.2) is 9.59 Å². The van der Waals surface area contributed by atoms with Crippen molar-refractivity contribution in [2.24, 2.45) is 5.92 Å². The van der Waals surface area contributed by atoms with E-state index in [0.717, 1.165) is 12.8 Å². The molecule has 0 spiro atoms. The van der Waals surface area contributed by atoms with Crippen LogP contribution >= 0.6 is 0 Å². The zero-order valence-electron chi connectivity index (χ0n) is 11.7. The summed E-state index contributed by atoms with van der Waals surface area (Å²) >= 11 is 0. The highest BCUT2D eigenvalue weighted by atomic mass is 16.5. The van der Waals surface area contributed by atoms with Crippen molar-refractivity contribution in [1.82, 2.24) is 10.2 Å². The predicted octanol–water partition coefficient (Wildman–Crippen LogP) is 1.31. The van der Waals surface area contributed by atoms with Crippen LogP contribution in [0.2, 0.25) is 0 Å². The molecule has 2 N–H and O–H groups in total. The van der Waals surface area contributed by atoms with E-state index in [-0.39, 0.29) is 6.03 Å². The van der Waals surface area contributed by atoms with Crippen LogP contribution in [0.5, 0.6) is 0 Å². The van der Waals surface area contributed by atoms with Gasteiger partial charge >= 0.3 is 12.0 Å². The summed E-state index contributed by atoms with van der Waals surface area (Å²) in [5.41, 5.74) is 0. The minimum atomic E-state index is -0.925. The monoisotopic (exact) mass is 272 g/mol. The summed E-state index contributed by atoms with van der Waals surface area (Å²) in [6.45, 7) is 6.16. The van der Waals surface area contributed by atoms with Gasteiger partial charge in [0.25, 0.3) is 0 Å². The van der Waals surface area contributed by atoms with Crippen LogP contribution in [0.3, 0.4) is 0 Å². The highest BCUT2D eigenvalue weighted by Gasteiger charge is 2.31. The molecule has 6 nitrogen and oxygen atoms in total. The lowest BCUT2D eigenvalue weighted by Gasteiger charge is -2.32. The number of carbonyl (C=O) groups excluding carboxylic acids is 1. The molecule has 0 bridgehead atoms. The largest absolute Gasteiger partial charge is 0.480 e. The minimum absolute atomic E-state index is 0.305. The molecule has 6 heteroatoms. The van der Waals surface area contributed by atoms with Crippen LogP contribution in [0.15, 0.2) is 0 Å². The molecule has 110 valence electrons. The average Bonchev–Trinajstić information content (AvgIpc) is 2.37. The van der Waals surface area contributed by atoms with Crippen molar-refractivity contribution in [3.63, 3.8) is 0 Å². The van der Waals surface area contributed by atoms with Gasteiger partial charge in [-0.2, -0.15) is 0 Å². The highest BCUT2D eigenvalue weighted by molar-refractivity contribution is 5.82. The number of carboxylic acids is 1. The molecule has 1 unspecified atom stereocenters. The van der Waals surface area contributed by atoms with Gasteiger partial charge in [0.2, 0.25) is 0 Å². The number of piperidine rings is 1. The number of nitrogens with zero attached hydrogens (tertiary/aromatic N) is 1. The fourth-order valence-corrected chi connectivity index (χ4v) is 2.08. The Morgan fingerprint density at radius 3 is 2.79 bits per heavy atom. The number of urea groups is 1. The highest BCUT2D eigenvalue weighted by Crippen LogP contribution is 2.17. The molecule has 1 rings (SSSR count). The normalized spacial score (nSPS) is 19.5. The van der Waals surface area contributed by atoms with Crippen LogP contribution in [-0.2, 0) is 9.53 Å². The zero-order chi connectivity index (χ0) is 14.3. The molecule has 1 atom stereocenters. The number of carbonyl (C=O) groups is 2. The van der Waals surface area contributed by atoms with E-state index in [2.05, 4.69) is 19.2 Å². The molecule has 0 aromatic carbocycles. The Balaban J connectivity index is 2.29. The molecule has 1 fully saturated rings. The molecule has 1 saturated heterocycles. The molecule has 0 radical (unpaired) electrons. The molecule has 1 heterocycles. The molecule has 0 aromatic heterocycles. The molecule has 19 heavy (non-hydrogen) atoms. The molecule has 1 aliphatic heterocycles. The molecular weight excluding hydrogens is 248 g/mol. The first-order valence-corrected chi connectivity index (χ1v) is 6.87. The van der Waals surface area contributed by atoms with Crippen LogP contribution in [0, 0.1) is 5.92 Å². The fraction of sp³-hybridized carbons (Fsp3) is 0.846. The smallest absolute Gasteiger partial charge is 0.326 e. The van der Waals surface area contributed by atoms with E-state index in [1.165, 1.54) is 4.90 Å². The number of nitrogens with one attached hydrogen (secondary N) is 1. The van der Waals surface area contributed by atoms with Crippen LogP contribution in [0.1, 0.15) is 33.1 Å². The van der Waals surface area contributed by atoms with Crippen LogP contribution in [0.4, 0.5) is 4.79 Å². The summed E-state index contributed by atoms with van der Waals surface area (Å²) < 4.78 is 5.36. The zero-order valence-corrected chi connectivity index (χ0v) is 11.7. The third-order valence-corrected chi connectivity index (χ3v) is 3.02. The summed E-state index contributed by atoms with van der Waals surface area (Å²) in [6, 6.07) is -0.995. The molecule has 0 aliphatic carbocycles. The Bertz CT molecular complexity index is 307. The van der Waals surface area contributed by atoms with Crippen molar-refractivity contribution in [1.29, 1.82) is 0 Å². The fourth-order valence-electron chi connectivity index (χ4n) is 2.08. The maximum Gasteiger partial charge on any atom is 0.326 e. The summed E-state index contributed by atoms with van der Waals surface area (Å²) in [7, 11) is 0. The number of hydrogen-bond donors (Lipinski definition) is 2. The third-order valence-electron chi connectivity index (χ3n) is 3.02. The molecule has 0 saturated carbocycles. The number of hydrogen-bond acceptors (Lipinski definition) is 3. The van der Waals surface area contributed by atoms with Gasteiger partial charge in [0.15, 0.2) is 0 Å². The average molecular weight is 272 g/mol. The van der Waals surface area contributed by atoms with Gasteiger partial charge < -0.3 is 20.1 Å². The summed E-state index contributed by atoms with van der Waals surface area (Å²) in [6.07, 6.45) is 2.26. The van der Waals surface area contributed by atoms with Gasteiger partial charge in [-0.1, -0.05) is 13.8 Å². The van der Waals surface area contributed by atoms with Gasteiger partial charge in [0.05, 0.1) is 6.61 Å². The topological polar surface area (TPSA) is 78.9 Å². The van der Waals surface area contributed by atoms with Gasteiger partial charge in [-0.05, 0) is 25.2 Å². The Morgan fingerprint density at radius 1 is 1.42 bits per heavy atom. The number of aliphatic carboxylic acids is 1. The SMILES string of the molecule is CC(C)COCCNC(=O)N1CCCCC1C(=O)O. The predicted molar refractivity (Wildman–Crippen MR) is 71.0 cm³/mol. The van der Waals surface area contributed by atoms with E-state index in [1.807, 2.05) is 0 Å². The van der Waals surface area contributed by atoms with Gasteiger partial charge in [-0.3, -0.25) is 0 Å². The molecule has 1 aliphatic rings. The Hall–Kier alpha value is -1.30. The van der Waals surface area contributed by atoms with Gasteiger partial charge in [0.1, 0.15) is 6.04 Å². The maximum atomic E-state index is 11.9. The second-order valence-electron chi connectivity index (χ2n) is 5.24. The lowest BCUT2D eigenvalue weighted by molar-refractivity contribution is -0.143. The van der Waals surface area contributed by atoms with Crippen LogP contribution < -0.4 is 5.32 Å². The quantitative estimate of drug-likeness (QED) is 0.714. The second kappa shape index (κ2) is 7.99. The van der Waals surface area contributed by atoms with Crippen LogP contribution in [0.25, 0.3) is 0 Å². The second-order valence-corrected chi connectivity index (χ2v) is 5.24. The molecule has 2 amide bonds. The van der Waals surface area contributed by atoms with Gasteiger partial charge in [0, 0.05) is 19.7 Å². The van der Waals surface area contributed by atoms with Crippen LogP contribution in [-0.4, -0.2) is 54.4 Å². The molecular formula is C13H24N2O4. The summed E-state index contributed by atoms with van der Waals surface area (Å²) in [5.74, 6) is -0.458. The van der Waals surface area contributed by atoms with Crippen molar-refractivity contribution in [2.75, 3.05) is 26.3 Å². The van der Waals surface area contributed by atoms with Crippen molar-refractivity contribution in [3.05, 3.63) is 0 Å². The van der Waals surface area contributed by atoms with E-state index < -0.39 is 12.0 Å².